The SMILES string of the molecule is O=C(c1cccc(-c2cccc(-c3c(-c4ccccc4)cc(-c4ccccc4)cc3-c3ccccc3)c2)c1)c1cc(-c2cccc(-c3ccccn3)c2)cc(-c2cccc(-c3ccccn3)c2)c1. The molecule has 11 rings (SSSR count). The summed E-state index contributed by atoms with van der Waals surface area (Å²) in [4.78, 5) is 24.2. The predicted molar refractivity (Wildman–Crippen MR) is 281 cm³/mol. The predicted octanol–water partition coefficient (Wildman–Crippen LogP) is 16.7. The van der Waals surface area contributed by atoms with Crippen molar-refractivity contribution in [3.8, 4) is 100 Å². The molecule has 2 aromatic heterocycles. The van der Waals surface area contributed by atoms with Gasteiger partial charge in [0.15, 0.2) is 5.78 Å². The number of hydrogen-bond acceptors (Lipinski definition) is 3. The standard InChI is InChI=1S/C65H44N2O/c68-65(59-41-56(50-26-14-28-52(36-50)62-32-10-12-34-66-62)40-57(42-59)51-27-15-29-53(37-51)63-33-11-13-35-67-63)55-31-17-25-49(39-55)48-24-16-30-54(38-48)64-60(46-20-6-2-7-21-46)43-58(45-18-4-1-5-19-45)44-61(64)47-22-8-3-9-23-47/h1-44H. The van der Waals surface area contributed by atoms with Crippen LogP contribution < -0.4 is 0 Å². The van der Waals surface area contributed by atoms with Gasteiger partial charge in [0.25, 0.3) is 0 Å². The van der Waals surface area contributed by atoms with Crippen LogP contribution in [-0.4, -0.2) is 15.8 Å². The topological polar surface area (TPSA) is 42.9 Å². The smallest absolute Gasteiger partial charge is 0.193 e. The van der Waals surface area contributed by atoms with E-state index in [4.69, 9.17) is 0 Å². The first-order chi connectivity index (χ1) is 33.6. The molecule has 68 heavy (non-hydrogen) atoms. The summed E-state index contributed by atoms with van der Waals surface area (Å²) in [7, 11) is 0. The van der Waals surface area contributed by atoms with Crippen molar-refractivity contribution in [1.29, 1.82) is 0 Å². The van der Waals surface area contributed by atoms with Crippen LogP contribution in [0.25, 0.3) is 100 Å². The minimum Gasteiger partial charge on any atom is -0.289 e. The zero-order valence-electron chi connectivity index (χ0n) is 37.2. The molecule has 11 aromatic rings. The number of pyridine rings is 2. The lowest BCUT2D eigenvalue weighted by Crippen LogP contribution is -2.03. The molecule has 0 bridgehead atoms. The Morgan fingerprint density at radius 3 is 1.10 bits per heavy atom. The Kier molecular flexibility index (Phi) is 11.5. The van der Waals surface area contributed by atoms with Crippen molar-refractivity contribution >= 4 is 5.78 Å². The number of hydrogen-bond donors (Lipinski definition) is 0. The Hall–Kier alpha value is -9.05. The molecular formula is C65H44N2O. The number of carbonyl (C=O) groups is 1. The Bertz CT molecular complexity index is 3390. The lowest BCUT2D eigenvalue weighted by Gasteiger charge is -2.20. The number of ketones is 1. The van der Waals surface area contributed by atoms with Gasteiger partial charge in [0, 0.05) is 34.6 Å². The Labute approximate surface area is 397 Å². The van der Waals surface area contributed by atoms with Crippen LogP contribution in [0.5, 0.6) is 0 Å². The zero-order valence-corrected chi connectivity index (χ0v) is 37.2. The van der Waals surface area contributed by atoms with E-state index in [1.807, 2.05) is 79.1 Å². The summed E-state index contributed by atoms with van der Waals surface area (Å²) < 4.78 is 0. The molecule has 2 heterocycles. The second kappa shape index (κ2) is 18.8. The molecule has 0 aliphatic rings. The van der Waals surface area contributed by atoms with Gasteiger partial charge >= 0.3 is 0 Å². The minimum absolute atomic E-state index is 0.0536. The summed E-state index contributed by atoms with van der Waals surface area (Å²) in [5.74, 6) is -0.0536. The fourth-order valence-electron chi connectivity index (χ4n) is 9.18. The number of carbonyl (C=O) groups excluding carboxylic acids is 1. The maximum absolute atomic E-state index is 15.0. The van der Waals surface area contributed by atoms with Crippen molar-refractivity contribution < 1.29 is 4.79 Å². The monoisotopic (exact) mass is 868 g/mol. The molecule has 0 aliphatic heterocycles. The molecule has 0 spiro atoms. The molecule has 0 radical (unpaired) electrons. The van der Waals surface area contributed by atoms with Gasteiger partial charge in [0.05, 0.1) is 11.4 Å². The molecule has 0 atom stereocenters. The van der Waals surface area contributed by atoms with Crippen LogP contribution in [0.4, 0.5) is 0 Å². The number of nitrogens with zero attached hydrogens (tertiary/aromatic N) is 2. The summed E-state index contributed by atoms with van der Waals surface area (Å²) in [6.07, 6.45) is 3.62. The molecule has 9 aromatic carbocycles. The van der Waals surface area contributed by atoms with Gasteiger partial charge < -0.3 is 0 Å². The summed E-state index contributed by atoms with van der Waals surface area (Å²) >= 11 is 0. The van der Waals surface area contributed by atoms with Gasteiger partial charge in [0.2, 0.25) is 0 Å². The van der Waals surface area contributed by atoms with Crippen molar-refractivity contribution in [3.63, 3.8) is 0 Å². The molecule has 3 nitrogen and oxygen atoms in total. The highest BCUT2D eigenvalue weighted by molar-refractivity contribution is 6.11. The van der Waals surface area contributed by atoms with Gasteiger partial charge in [-0.3, -0.25) is 14.8 Å². The molecular weight excluding hydrogens is 825 g/mol. The average molecular weight is 869 g/mol. The van der Waals surface area contributed by atoms with Crippen LogP contribution in [-0.2, 0) is 0 Å². The lowest BCUT2D eigenvalue weighted by molar-refractivity contribution is 0.103. The van der Waals surface area contributed by atoms with E-state index in [0.29, 0.717) is 11.1 Å². The van der Waals surface area contributed by atoms with E-state index in [-0.39, 0.29) is 5.78 Å². The van der Waals surface area contributed by atoms with Crippen LogP contribution in [0.3, 0.4) is 0 Å². The highest BCUT2D eigenvalue weighted by Crippen LogP contribution is 2.44. The normalized spacial score (nSPS) is 11.0. The Morgan fingerprint density at radius 1 is 0.250 bits per heavy atom. The Balaban J connectivity index is 1.01. The molecule has 320 valence electrons. The minimum atomic E-state index is -0.0536. The molecule has 3 heteroatoms. The van der Waals surface area contributed by atoms with E-state index < -0.39 is 0 Å². The molecule has 0 N–H and O–H groups in total. The van der Waals surface area contributed by atoms with Crippen molar-refractivity contribution in [1.82, 2.24) is 9.97 Å². The molecule has 0 saturated heterocycles. The van der Waals surface area contributed by atoms with E-state index in [1.54, 1.807) is 0 Å². The van der Waals surface area contributed by atoms with E-state index in [9.17, 15) is 4.79 Å². The molecule has 0 aliphatic carbocycles. The second-order valence-corrected chi connectivity index (χ2v) is 16.9. The summed E-state index contributed by atoms with van der Waals surface area (Å²) in [6, 6.07) is 88.2. The Morgan fingerprint density at radius 2 is 0.603 bits per heavy atom. The van der Waals surface area contributed by atoms with E-state index in [1.165, 1.54) is 0 Å². The maximum Gasteiger partial charge on any atom is 0.193 e. The molecule has 0 fully saturated rings. The van der Waals surface area contributed by atoms with Gasteiger partial charge in [-0.25, -0.2) is 0 Å². The summed E-state index contributed by atoms with van der Waals surface area (Å²) in [6.45, 7) is 0. The third-order valence-electron chi connectivity index (χ3n) is 12.5. The summed E-state index contributed by atoms with van der Waals surface area (Å²) in [5, 5.41) is 0. The van der Waals surface area contributed by atoms with E-state index in [0.717, 1.165) is 100 Å². The molecule has 0 amide bonds. The van der Waals surface area contributed by atoms with Crippen LogP contribution in [0.2, 0.25) is 0 Å². The average Bonchev–Trinajstić information content (AvgIpc) is 3.43. The fraction of sp³-hybridized carbons (Fsp3) is 0. The third kappa shape index (κ3) is 8.72. The van der Waals surface area contributed by atoms with Crippen LogP contribution in [0.15, 0.2) is 267 Å². The number of benzene rings is 9. The van der Waals surface area contributed by atoms with Crippen molar-refractivity contribution in [3.05, 3.63) is 278 Å². The number of rotatable bonds is 11. The first kappa shape index (κ1) is 41.6. The lowest BCUT2D eigenvalue weighted by atomic mass is 9.84. The third-order valence-corrected chi connectivity index (χ3v) is 12.5. The first-order valence-electron chi connectivity index (χ1n) is 22.9. The molecule has 0 unspecified atom stereocenters. The van der Waals surface area contributed by atoms with Gasteiger partial charge in [0.1, 0.15) is 0 Å². The van der Waals surface area contributed by atoms with Crippen molar-refractivity contribution in [2.24, 2.45) is 0 Å². The highest BCUT2D eigenvalue weighted by atomic mass is 16.1. The molecule has 0 saturated carbocycles. The maximum atomic E-state index is 15.0. The van der Waals surface area contributed by atoms with Crippen LogP contribution in [0, 0.1) is 0 Å². The van der Waals surface area contributed by atoms with Crippen LogP contribution in [0.1, 0.15) is 15.9 Å². The van der Waals surface area contributed by atoms with E-state index in [2.05, 4.69) is 198 Å². The van der Waals surface area contributed by atoms with Gasteiger partial charge in [-0.15, -0.1) is 0 Å². The van der Waals surface area contributed by atoms with Crippen LogP contribution >= 0.6 is 0 Å². The highest BCUT2D eigenvalue weighted by Gasteiger charge is 2.19. The zero-order chi connectivity index (χ0) is 45.7. The van der Waals surface area contributed by atoms with E-state index >= 15 is 0 Å². The summed E-state index contributed by atoms with van der Waals surface area (Å²) in [5.41, 5.74) is 20.0. The second-order valence-electron chi connectivity index (χ2n) is 16.9. The van der Waals surface area contributed by atoms with Gasteiger partial charge in [-0.1, -0.05) is 176 Å². The van der Waals surface area contributed by atoms with Gasteiger partial charge in [-0.2, -0.15) is 0 Å². The first-order valence-corrected chi connectivity index (χ1v) is 22.9. The van der Waals surface area contributed by atoms with Crippen molar-refractivity contribution in [2.75, 3.05) is 0 Å². The fourth-order valence-corrected chi connectivity index (χ4v) is 9.18. The van der Waals surface area contributed by atoms with Gasteiger partial charge in [-0.05, 0) is 157 Å². The quantitative estimate of drug-likeness (QED) is 0.122. The van der Waals surface area contributed by atoms with Crippen molar-refractivity contribution in [2.45, 2.75) is 0 Å². The number of aromatic nitrogens is 2. The largest absolute Gasteiger partial charge is 0.289 e.